The first-order valence-electron chi connectivity index (χ1n) is 11.6. The second-order valence-corrected chi connectivity index (χ2v) is 9.80. The van der Waals surface area contributed by atoms with Gasteiger partial charge in [0.1, 0.15) is 23.7 Å². The number of ether oxygens (including phenoxy) is 1. The molecule has 0 aliphatic carbocycles. The summed E-state index contributed by atoms with van der Waals surface area (Å²) < 4.78 is 5.90. The van der Waals surface area contributed by atoms with Crippen LogP contribution in [0.25, 0.3) is 0 Å². The fraction of sp³-hybridized carbons (Fsp3) is 0.276. The summed E-state index contributed by atoms with van der Waals surface area (Å²) in [6.45, 7) is 8.98. The molecule has 1 heterocycles. The quantitative estimate of drug-likeness (QED) is 0.322. The first-order chi connectivity index (χ1) is 16.2. The number of carbonyl (C=O) groups is 1. The molecule has 0 radical (unpaired) electrons. The number of hydrogen-bond donors (Lipinski definition) is 3. The van der Waals surface area contributed by atoms with E-state index in [0.717, 1.165) is 16.8 Å². The summed E-state index contributed by atoms with van der Waals surface area (Å²) in [6, 6.07) is 23.2. The zero-order valence-corrected chi connectivity index (χ0v) is 20.1. The zero-order valence-electron chi connectivity index (χ0n) is 20.1. The summed E-state index contributed by atoms with van der Waals surface area (Å²) in [4.78, 5) is 13.2. The van der Waals surface area contributed by atoms with Gasteiger partial charge in [-0.1, -0.05) is 88.4 Å². The van der Waals surface area contributed by atoms with E-state index in [1.165, 1.54) is 11.6 Å². The predicted octanol–water partition coefficient (Wildman–Crippen LogP) is 5.82. The fourth-order valence-electron chi connectivity index (χ4n) is 4.15. The Balaban J connectivity index is 1.52. The lowest BCUT2D eigenvalue weighted by atomic mass is 9.85. The molecule has 1 saturated heterocycles. The van der Waals surface area contributed by atoms with E-state index in [1.54, 1.807) is 18.2 Å². The summed E-state index contributed by atoms with van der Waals surface area (Å²) in [7, 11) is 0. The lowest BCUT2D eigenvalue weighted by Gasteiger charge is -2.21. The van der Waals surface area contributed by atoms with Gasteiger partial charge >= 0.3 is 0 Å². The molecule has 0 spiro atoms. The van der Waals surface area contributed by atoms with Crippen molar-refractivity contribution in [2.75, 3.05) is 0 Å². The third kappa shape index (κ3) is 5.15. The van der Waals surface area contributed by atoms with E-state index in [0.29, 0.717) is 12.4 Å². The number of hydrogen-bond acceptors (Lipinski definition) is 5. The number of rotatable bonds is 6. The molecule has 1 aliphatic heterocycles. The van der Waals surface area contributed by atoms with Crippen LogP contribution in [0.5, 0.6) is 11.5 Å². The number of phenolic OH excluding ortho intramolecular Hbond substituents is 1. The zero-order chi connectivity index (χ0) is 24.3. The molecule has 176 valence electrons. The molecule has 2 unspecified atom stereocenters. The molecule has 0 bridgehead atoms. The molecular formula is C29H32N2O3. The van der Waals surface area contributed by atoms with E-state index in [9.17, 15) is 9.90 Å². The number of allylic oxidation sites excluding steroid dienone is 1. The van der Waals surface area contributed by atoms with Gasteiger partial charge in [-0.25, -0.2) is 5.43 Å². The lowest BCUT2D eigenvalue weighted by Crippen LogP contribution is -2.24. The maximum absolute atomic E-state index is 13.2. The number of carbonyl (C=O) groups excluding carboxylic acids is 1. The molecule has 0 amide bonds. The summed E-state index contributed by atoms with van der Waals surface area (Å²) in [5.41, 5.74) is 10.9. The van der Waals surface area contributed by atoms with Crippen LogP contribution in [-0.4, -0.2) is 10.9 Å². The van der Waals surface area contributed by atoms with Crippen LogP contribution in [-0.2, 0) is 12.0 Å². The van der Waals surface area contributed by atoms with Crippen molar-refractivity contribution in [2.24, 2.45) is 5.92 Å². The van der Waals surface area contributed by atoms with Crippen molar-refractivity contribution in [1.29, 1.82) is 0 Å². The Morgan fingerprint density at radius 1 is 1.00 bits per heavy atom. The second kappa shape index (κ2) is 9.74. The average Bonchev–Trinajstić information content (AvgIpc) is 3.17. The fourth-order valence-corrected chi connectivity index (χ4v) is 4.15. The first-order valence-corrected chi connectivity index (χ1v) is 11.6. The van der Waals surface area contributed by atoms with Crippen LogP contribution in [0.1, 0.15) is 60.8 Å². The molecule has 5 nitrogen and oxygen atoms in total. The Labute approximate surface area is 201 Å². The van der Waals surface area contributed by atoms with Crippen molar-refractivity contribution >= 4 is 5.78 Å². The van der Waals surface area contributed by atoms with E-state index < -0.39 is 0 Å². The maximum atomic E-state index is 13.2. The highest BCUT2D eigenvalue weighted by Crippen LogP contribution is 2.34. The molecule has 34 heavy (non-hydrogen) atoms. The normalized spacial score (nSPS) is 19.1. The molecule has 4 rings (SSSR count). The number of benzene rings is 3. The third-order valence-corrected chi connectivity index (χ3v) is 6.27. The van der Waals surface area contributed by atoms with Crippen LogP contribution >= 0.6 is 0 Å². The molecule has 1 fully saturated rings. The monoisotopic (exact) mass is 456 g/mol. The Kier molecular flexibility index (Phi) is 6.75. The smallest absolute Gasteiger partial charge is 0.195 e. The highest BCUT2D eigenvalue weighted by Gasteiger charge is 2.30. The summed E-state index contributed by atoms with van der Waals surface area (Å²) in [5, 5.41) is 10.5. The maximum Gasteiger partial charge on any atom is 0.195 e. The minimum Gasteiger partial charge on any atom is -0.507 e. The van der Waals surface area contributed by atoms with E-state index >= 15 is 0 Å². The van der Waals surface area contributed by atoms with Gasteiger partial charge in [-0.15, -0.1) is 0 Å². The molecule has 0 aromatic heterocycles. The van der Waals surface area contributed by atoms with Crippen LogP contribution in [0, 0.1) is 5.92 Å². The molecule has 1 aliphatic rings. The second-order valence-electron chi connectivity index (χ2n) is 9.80. The molecule has 3 aromatic rings. The van der Waals surface area contributed by atoms with Crippen molar-refractivity contribution in [3.63, 3.8) is 0 Å². The molecule has 2 atom stereocenters. The van der Waals surface area contributed by atoms with Gasteiger partial charge in [0.15, 0.2) is 5.78 Å². The standard InChI is InChI=1S/C29H32N2O3/c1-19-23(30-31-28(19)21-13-15-22(16-14-21)29(2,3)4)17-25(33)27-24(32)11-8-12-26(27)34-18-20-9-6-5-7-10-20/h5-17,19,28,30-32H,18H2,1-4H3/b23-17+. The van der Waals surface area contributed by atoms with Gasteiger partial charge in [0.2, 0.25) is 0 Å². The van der Waals surface area contributed by atoms with Crippen LogP contribution in [0.15, 0.2) is 84.6 Å². The number of aromatic hydroxyl groups is 1. The number of ketones is 1. The van der Waals surface area contributed by atoms with Gasteiger partial charge in [-0.3, -0.25) is 4.79 Å². The van der Waals surface area contributed by atoms with Gasteiger partial charge in [0.05, 0.1) is 6.04 Å². The number of nitrogens with one attached hydrogen (secondary N) is 2. The van der Waals surface area contributed by atoms with Crippen molar-refractivity contribution in [1.82, 2.24) is 10.9 Å². The highest BCUT2D eigenvalue weighted by atomic mass is 16.5. The van der Waals surface area contributed by atoms with E-state index in [-0.39, 0.29) is 34.5 Å². The van der Waals surface area contributed by atoms with Gasteiger partial charge in [0, 0.05) is 17.7 Å². The summed E-state index contributed by atoms with van der Waals surface area (Å²) >= 11 is 0. The van der Waals surface area contributed by atoms with E-state index in [2.05, 4.69) is 62.8 Å². The molecule has 0 saturated carbocycles. The molecular weight excluding hydrogens is 424 g/mol. The molecule has 3 N–H and O–H groups in total. The number of phenols is 1. The van der Waals surface area contributed by atoms with Crippen molar-refractivity contribution in [3.8, 4) is 11.5 Å². The first kappa shape index (κ1) is 23.6. The van der Waals surface area contributed by atoms with Crippen LogP contribution in [0.2, 0.25) is 0 Å². The van der Waals surface area contributed by atoms with Crippen molar-refractivity contribution < 1.29 is 14.6 Å². The van der Waals surface area contributed by atoms with Gasteiger partial charge < -0.3 is 15.3 Å². The largest absolute Gasteiger partial charge is 0.507 e. The van der Waals surface area contributed by atoms with Crippen LogP contribution < -0.4 is 15.6 Å². The van der Waals surface area contributed by atoms with Crippen molar-refractivity contribution in [3.05, 3.63) is 107 Å². The van der Waals surface area contributed by atoms with Crippen LogP contribution in [0.4, 0.5) is 0 Å². The molecule has 5 heteroatoms. The minimum absolute atomic E-state index is 0.0336. The van der Waals surface area contributed by atoms with Crippen molar-refractivity contribution in [2.45, 2.75) is 45.8 Å². The van der Waals surface area contributed by atoms with Crippen LogP contribution in [0.3, 0.4) is 0 Å². The van der Waals surface area contributed by atoms with Gasteiger partial charge in [0.25, 0.3) is 0 Å². The van der Waals surface area contributed by atoms with Gasteiger partial charge in [-0.05, 0) is 34.2 Å². The topological polar surface area (TPSA) is 70.6 Å². The Morgan fingerprint density at radius 2 is 1.71 bits per heavy atom. The highest BCUT2D eigenvalue weighted by molar-refractivity contribution is 6.08. The number of hydrazine groups is 1. The SMILES string of the molecule is CC1/C(=C\C(=O)c2c(O)cccc2OCc2ccccc2)NNC1c1ccc(C(C)(C)C)cc1. The Bertz CT molecular complexity index is 1180. The van der Waals surface area contributed by atoms with Gasteiger partial charge in [-0.2, -0.15) is 0 Å². The average molecular weight is 457 g/mol. The summed E-state index contributed by atoms with van der Waals surface area (Å²) in [5.74, 6) is 0.00370. The minimum atomic E-state index is -0.305. The van der Waals surface area contributed by atoms with E-state index in [4.69, 9.17) is 4.74 Å². The Morgan fingerprint density at radius 3 is 2.38 bits per heavy atom. The Hall–Kier alpha value is -3.57. The molecule has 3 aromatic carbocycles. The van der Waals surface area contributed by atoms with E-state index in [1.807, 2.05) is 30.3 Å². The third-order valence-electron chi connectivity index (χ3n) is 6.27. The predicted molar refractivity (Wildman–Crippen MR) is 135 cm³/mol. The lowest BCUT2D eigenvalue weighted by molar-refractivity contribution is 0.103. The summed E-state index contributed by atoms with van der Waals surface area (Å²) in [6.07, 6.45) is 1.55.